The molecule has 0 spiro atoms. The second-order valence-electron chi connectivity index (χ2n) is 4.97. The van der Waals surface area contributed by atoms with Gasteiger partial charge in [-0.2, -0.15) is 0 Å². The Labute approximate surface area is 136 Å². The van der Waals surface area contributed by atoms with Gasteiger partial charge in [-0.1, -0.05) is 6.92 Å². The van der Waals surface area contributed by atoms with Gasteiger partial charge in [0.1, 0.15) is 11.5 Å². The number of carbonyl (C=O) groups is 1. The Balaban J connectivity index is 2.11. The van der Waals surface area contributed by atoms with E-state index in [1.54, 1.807) is 44.6 Å². The number of allylic oxidation sites excluding steroid dienone is 2. The molecule has 0 saturated heterocycles. The lowest BCUT2D eigenvalue weighted by atomic mass is 10.1. The third-order valence-corrected chi connectivity index (χ3v) is 3.46. The van der Waals surface area contributed by atoms with Crippen molar-refractivity contribution in [1.29, 1.82) is 0 Å². The summed E-state index contributed by atoms with van der Waals surface area (Å²) in [7, 11) is 3.23. The van der Waals surface area contributed by atoms with Gasteiger partial charge in [0.15, 0.2) is 5.78 Å². The van der Waals surface area contributed by atoms with Gasteiger partial charge in [-0.05, 0) is 55.0 Å². The number of hydrogen-bond donors (Lipinski definition) is 1. The van der Waals surface area contributed by atoms with Crippen LogP contribution in [0.4, 0.5) is 5.69 Å². The summed E-state index contributed by atoms with van der Waals surface area (Å²) < 4.78 is 10.2. The first-order chi connectivity index (χ1) is 11.2. The molecule has 2 rings (SSSR count). The van der Waals surface area contributed by atoms with Gasteiger partial charge in [0.25, 0.3) is 0 Å². The lowest BCUT2D eigenvalue weighted by molar-refractivity contribution is 0.104. The molecule has 4 nitrogen and oxygen atoms in total. The van der Waals surface area contributed by atoms with Crippen molar-refractivity contribution in [2.24, 2.45) is 0 Å². The minimum absolute atomic E-state index is 0.0366. The predicted molar refractivity (Wildman–Crippen MR) is 92.3 cm³/mol. The summed E-state index contributed by atoms with van der Waals surface area (Å²) in [5.74, 6) is 1.50. The minimum Gasteiger partial charge on any atom is -0.497 e. The molecule has 0 heterocycles. The number of benzene rings is 2. The van der Waals surface area contributed by atoms with E-state index >= 15 is 0 Å². The van der Waals surface area contributed by atoms with E-state index in [1.165, 1.54) is 0 Å². The molecule has 0 bridgehead atoms. The second kappa shape index (κ2) is 8.03. The maximum atomic E-state index is 12.3. The van der Waals surface area contributed by atoms with Crippen LogP contribution in [0.25, 0.3) is 0 Å². The van der Waals surface area contributed by atoms with Crippen molar-refractivity contribution in [2.45, 2.75) is 13.3 Å². The number of hydrogen-bond acceptors (Lipinski definition) is 4. The van der Waals surface area contributed by atoms with Crippen LogP contribution in [0.2, 0.25) is 0 Å². The molecule has 0 aliphatic heterocycles. The molecule has 0 radical (unpaired) electrons. The van der Waals surface area contributed by atoms with Crippen LogP contribution in [0.1, 0.15) is 23.7 Å². The van der Waals surface area contributed by atoms with Gasteiger partial charge in [-0.15, -0.1) is 0 Å². The van der Waals surface area contributed by atoms with E-state index < -0.39 is 0 Å². The number of ketones is 1. The number of nitrogens with one attached hydrogen (secondary N) is 1. The van der Waals surface area contributed by atoms with Gasteiger partial charge in [0, 0.05) is 23.0 Å². The monoisotopic (exact) mass is 311 g/mol. The van der Waals surface area contributed by atoms with Crippen LogP contribution in [-0.2, 0) is 0 Å². The summed E-state index contributed by atoms with van der Waals surface area (Å²) in [6.07, 6.45) is 2.36. The van der Waals surface area contributed by atoms with E-state index in [4.69, 9.17) is 9.47 Å². The van der Waals surface area contributed by atoms with Crippen LogP contribution >= 0.6 is 0 Å². The Morgan fingerprint density at radius 3 is 1.96 bits per heavy atom. The van der Waals surface area contributed by atoms with Gasteiger partial charge in [0.2, 0.25) is 0 Å². The fourth-order valence-corrected chi connectivity index (χ4v) is 2.08. The first-order valence-electron chi connectivity index (χ1n) is 7.46. The zero-order valence-electron chi connectivity index (χ0n) is 13.6. The van der Waals surface area contributed by atoms with Crippen LogP contribution in [0.5, 0.6) is 11.5 Å². The van der Waals surface area contributed by atoms with Crippen molar-refractivity contribution >= 4 is 11.5 Å². The first-order valence-corrected chi connectivity index (χ1v) is 7.46. The highest BCUT2D eigenvalue weighted by Crippen LogP contribution is 2.18. The summed E-state index contributed by atoms with van der Waals surface area (Å²) in [4.78, 5) is 12.3. The Morgan fingerprint density at radius 2 is 1.48 bits per heavy atom. The summed E-state index contributed by atoms with van der Waals surface area (Å²) in [6, 6.07) is 14.7. The van der Waals surface area contributed by atoms with Crippen molar-refractivity contribution in [3.8, 4) is 11.5 Å². The van der Waals surface area contributed by atoms with E-state index in [-0.39, 0.29) is 5.78 Å². The lowest BCUT2D eigenvalue weighted by Crippen LogP contribution is -2.03. The maximum absolute atomic E-state index is 12.3. The van der Waals surface area contributed by atoms with Crippen molar-refractivity contribution < 1.29 is 14.3 Å². The summed E-state index contributed by atoms with van der Waals surface area (Å²) in [6.45, 7) is 2.00. The van der Waals surface area contributed by atoms with Gasteiger partial charge >= 0.3 is 0 Å². The Hall–Kier alpha value is -2.75. The van der Waals surface area contributed by atoms with E-state index in [2.05, 4.69) is 5.32 Å². The molecular weight excluding hydrogens is 290 g/mol. The quantitative estimate of drug-likeness (QED) is 0.612. The predicted octanol–water partition coefficient (Wildman–Crippen LogP) is 4.29. The summed E-state index contributed by atoms with van der Waals surface area (Å²) in [5.41, 5.74) is 2.41. The highest BCUT2D eigenvalue weighted by molar-refractivity contribution is 6.05. The highest BCUT2D eigenvalue weighted by atomic mass is 16.5. The molecular formula is C19H21NO3. The van der Waals surface area contributed by atoms with Gasteiger partial charge in [-0.3, -0.25) is 4.79 Å². The van der Waals surface area contributed by atoms with E-state index in [1.807, 2.05) is 31.2 Å². The van der Waals surface area contributed by atoms with Gasteiger partial charge < -0.3 is 14.8 Å². The van der Waals surface area contributed by atoms with Crippen LogP contribution in [0, 0.1) is 0 Å². The van der Waals surface area contributed by atoms with Crippen LogP contribution in [0.15, 0.2) is 60.3 Å². The van der Waals surface area contributed by atoms with Crippen molar-refractivity contribution in [3.05, 3.63) is 65.9 Å². The molecule has 23 heavy (non-hydrogen) atoms. The number of carbonyl (C=O) groups excluding carboxylic acids is 1. The smallest absolute Gasteiger partial charge is 0.187 e. The Morgan fingerprint density at radius 1 is 0.957 bits per heavy atom. The maximum Gasteiger partial charge on any atom is 0.187 e. The molecule has 0 aromatic heterocycles. The van der Waals surface area contributed by atoms with Crippen molar-refractivity contribution in [3.63, 3.8) is 0 Å². The van der Waals surface area contributed by atoms with Gasteiger partial charge in [0.05, 0.1) is 14.2 Å². The summed E-state index contributed by atoms with van der Waals surface area (Å²) >= 11 is 0. The molecule has 0 aliphatic rings. The molecule has 0 unspecified atom stereocenters. The summed E-state index contributed by atoms with van der Waals surface area (Å²) in [5, 5.41) is 3.26. The van der Waals surface area contributed by atoms with Crippen LogP contribution in [-0.4, -0.2) is 20.0 Å². The van der Waals surface area contributed by atoms with E-state index in [0.717, 1.165) is 29.3 Å². The van der Waals surface area contributed by atoms with Crippen LogP contribution < -0.4 is 14.8 Å². The van der Waals surface area contributed by atoms with E-state index in [0.29, 0.717) is 5.56 Å². The average molecular weight is 311 g/mol. The van der Waals surface area contributed by atoms with Crippen molar-refractivity contribution in [2.75, 3.05) is 19.5 Å². The molecule has 0 aliphatic carbocycles. The molecule has 2 aromatic rings. The van der Waals surface area contributed by atoms with Crippen LogP contribution in [0.3, 0.4) is 0 Å². The van der Waals surface area contributed by atoms with Crippen molar-refractivity contribution in [1.82, 2.24) is 0 Å². The lowest BCUT2D eigenvalue weighted by Gasteiger charge is -2.10. The highest BCUT2D eigenvalue weighted by Gasteiger charge is 2.05. The molecule has 1 N–H and O–H groups in total. The molecule has 0 atom stereocenters. The number of methoxy groups -OCH3 is 2. The zero-order valence-corrected chi connectivity index (χ0v) is 13.6. The zero-order chi connectivity index (χ0) is 16.7. The SMILES string of the molecule is CC/C(=C\C(=O)c1ccc(OC)cc1)Nc1ccc(OC)cc1. The number of ether oxygens (including phenoxy) is 2. The molecule has 2 aromatic carbocycles. The molecule has 0 fully saturated rings. The van der Waals surface area contributed by atoms with Gasteiger partial charge in [-0.25, -0.2) is 0 Å². The normalized spacial score (nSPS) is 11.0. The topological polar surface area (TPSA) is 47.6 Å². The largest absolute Gasteiger partial charge is 0.497 e. The molecule has 0 amide bonds. The third-order valence-electron chi connectivity index (χ3n) is 3.46. The molecule has 0 saturated carbocycles. The molecule has 120 valence electrons. The Kier molecular flexibility index (Phi) is 5.80. The van der Waals surface area contributed by atoms with E-state index in [9.17, 15) is 4.79 Å². The third kappa shape index (κ3) is 4.61. The minimum atomic E-state index is -0.0366. The fourth-order valence-electron chi connectivity index (χ4n) is 2.08. The second-order valence-corrected chi connectivity index (χ2v) is 4.97. The number of rotatable bonds is 7. The average Bonchev–Trinajstić information content (AvgIpc) is 2.61. The molecule has 4 heteroatoms. The Bertz CT molecular complexity index is 673. The first kappa shape index (κ1) is 16.6. The number of anilines is 1. The standard InChI is InChI=1S/C19H21NO3/c1-4-15(20-16-7-11-18(23-3)12-8-16)13-19(21)14-5-9-17(22-2)10-6-14/h5-13,20H,4H2,1-3H3/b15-13+. The fraction of sp³-hybridized carbons (Fsp3) is 0.211.